The van der Waals surface area contributed by atoms with Gasteiger partial charge in [-0.05, 0) is 150 Å². The molecule has 8 aromatic heterocycles. The molecule has 0 N–H and O–H groups in total. The number of para-hydroxylation sites is 6. The van der Waals surface area contributed by atoms with Crippen LogP contribution in [0.5, 0.6) is 0 Å². The lowest BCUT2D eigenvalue weighted by Gasteiger charge is -2.10. The maximum atomic E-state index is 6.91. The summed E-state index contributed by atoms with van der Waals surface area (Å²) in [5.74, 6) is 3.19. The number of hydrogen-bond donors (Lipinski definition) is 0. The van der Waals surface area contributed by atoms with Crippen molar-refractivity contribution in [2.24, 2.45) is 0 Å². The number of fused-ring (bicyclic) bond motifs is 15. The van der Waals surface area contributed by atoms with Gasteiger partial charge in [-0.15, -0.1) is 0 Å². The van der Waals surface area contributed by atoms with Crippen LogP contribution in [0.15, 0.2) is 326 Å². The maximum absolute atomic E-state index is 6.91. The quantitative estimate of drug-likeness (QED) is 0.140. The van der Waals surface area contributed by atoms with Crippen molar-refractivity contribution < 1.29 is 4.42 Å². The van der Waals surface area contributed by atoms with E-state index >= 15 is 0 Å². The number of aromatic nitrogens is 11. The van der Waals surface area contributed by atoms with Gasteiger partial charge in [0.1, 0.15) is 5.58 Å². The highest BCUT2D eigenvalue weighted by atomic mass is 16.3. The van der Waals surface area contributed by atoms with Crippen molar-refractivity contribution >= 4 is 109 Å². The SMILES string of the molecule is Cc1cnc(-n2c3ccccc3c3cc(-c4ccc5c(c4)c4ccccc4n5-c4ncc(C)cn4)ccc32)nc1.c1ccc(-c2nc(-c3ccccc3)nc(-c3ccc4c(c3)oc3c(-n5c6ccccc6c6cc(-c7ccc8c(c7)c7ccccc7n8-c7ccccc7)ccc65)cccc34)n2)cc1. The summed E-state index contributed by atoms with van der Waals surface area (Å²) in [6, 6.07) is 105. The topological polar surface area (TPSA) is 123 Å². The predicted octanol–water partition coefficient (Wildman–Crippen LogP) is 22.4. The normalized spacial score (nSPS) is 11.8. The molecule has 21 aromatic rings. The molecule has 0 aliphatic carbocycles. The van der Waals surface area contributed by atoms with Crippen LogP contribution in [-0.2, 0) is 0 Å². The number of rotatable bonds is 9. The van der Waals surface area contributed by atoms with Gasteiger partial charge in [-0.3, -0.25) is 9.13 Å². The zero-order valence-corrected chi connectivity index (χ0v) is 55.9. The van der Waals surface area contributed by atoms with Gasteiger partial charge in [-0.1, -0.05) is 194 Å². The molecule has 0 saturated carbocycles. The molecule has 0 bridgehead atoms. The van der Waals surface area contributed by atoms with E-state index in [1.54, 1.807) is 0 Å². The molecule has 0 amide bonds. The molecule has 12 nitrogen and oxygen atoms in total. The molecule has 21 rings (SSSR count). The van der Waals surface area contributed by atoms with Crippen molar-refractivity contribution in [1.29, 1.82) is 0 Å². The third-order valence-corrected chi connectivity index (χ3v) is 20.0. The predicted molar refractivity (Wildman–Crippen MR) is 419 cm³/mol. The lowest BCUT2D eigenvalue weighted by molar-refractivity contribution is 0.666. The Morgan fingerprint density at radius 1 is 0.243 bits per heavy atom. The minimum atomic E-state index is 0.588. The molecule has 0 spiro atoms. The highest BCUT2D eigenvalue weighted by Crippen LogP contribution is 2.43. The van der Waals surface area contributed by atoms with E-state index in [4.69, 9.17) is 19.4 Å². The first kappa shape index (κ1) is 59.1. The zero-order chi connectivity index (χ0) is 68.2. The highest BCUT2D eigenvalue weighted by molar-refractivity contribution is 6.16. The number of benzene rings is 13. The molecule has 8 heterocycles. The van der Waals surface area contributed by atoms with Crippen molar-refractivity contribution in [3.8, 4) is 79.7 Å². The van der Waals surface area contributed by atoms with Crippen LogP contribution >= 0.6 is 0 Å². The van der Waals surface area contributed by atoms with Crippen molar-refractivity contribution in [3.05, 3.63) is 333 Å². The lowest BCUT2D eigenvalue weighted by Crippen LogP contribution is -2.00. The van der Waals surface area contributed by atoms with Crippen LogP contribution in [0, 0.1) is 13.8 Å². The molecular formula is C91H59N11O. The van der Waals surface area contributed by atoms with E-state index in [0.717, 1.165) is 105 Å². The second-order valence-corrected chi connectivity index (χ2v) is 26.3. The van der Waals surface area contributed by atoms with E-state index in [1.165, 1.54) is 65.3 Å². The van der Waals surface area contributed by atoms with Gasteiger partial charge in [0.05, 0.1) is 49.8 Å². The van der Waals surface area contributed by atoms with Crippen molar-refractivity contribution in [3.63, 3.8) is 0 Å². The van der Waals surface area contributed by atoms with Gasteiger partial charge in [-0.2, -0.15) is 0 Å². The fraction of sp³-hybridized carbons (Fsp3) is 0.0220. The highest BCUT2D eigenvalue weighted by Gasteiger charge is 2.23. The molecule has 0 radical (unpaired) electrons. The second-order valence-electron chi connectivity index (χ2n) is 26.3. The summed E-state index contributed by atoms with van der Waals surface area (Å²) < 4.78 is 15.9. The van der Waals surface area contributed by atoms with E-state index in [1.807, 2.05) is 99.3 Å². The fourth-order valence-electron chi connectivity index (χ4n) is 15.2. The van der Waals surface area contributed by atoms with Gasteiger partial charge in [0.2, 0.25) is 11.9 Å². The monoisotopic (exact) mass is 1320 g/mol. The van der Waals surface area contributed by atoms with Gasteiger partial charge in [0.15, 0.2) is 23.1 Å². The Hall–Kier alpha value is -14.0. The van der Waals surface area contributed by atoms with Crippen LogP contribution in [0.2, 0.25) is 0 Å². The standard InChI is InChI=1S/C57H35N5O.C34H24N6/c1-4-15-36(16-5-1)55-58-56(37-17-6-2-7-18-37)60-57(59-55)40-27-30-44-45-23-14-26-52(54(45)63-53(44)35-40)62-49-25-13-11-22-43(49)47-34-39(29-32-51(47)62)38-28-31-50-46(33-38)42-21-10-12-24-48(42)61(50)41-19-8-3-9-20-41;1-21-17-35-33(36-18-21)39-29-9-5-3-7-25(29)27-15-23(11-13-31(27)39)24-12-14-32-28(16-24)26-8-4-6-10-30(26)40(32)34-37-19-22(2)20-38-34/h1-35H;3-20H,1-2H3. The summed E-state index contributed by atoms with van der Waals surface area (Å²) in [4.78, 5) is 33.4. The van der Waals surface area contributed by atoms with Crippen molar-refractivity contribution in [2.75, 3.05) is 0 Å². The Labute approximate surface area is 590 Å². The summed E-state index contributed by atoms with van der Waals surface area (Å²) in [6.07, 6.45) is 7.46. The van der Waals surface area contributed by atoms with Gasteiger partial charge in [0, 0.05) is 101 Å². The zero-order valence-electron chi connectivity index (χ0n) is 55.9. The Morgan fingerprint density at radius 3 is 1.03 bits per heavy atom. The summed E-state index contributed by atoms with van der Waals surface area (Å²) >= 11 is 0. The molecule has 0 unspecified atom stereocenters. The van der Waals surface area contributed by atoms with Crippen molar-refractivity contribution in [2.45, 2.75) is 13.8 Å². The van der Waals surface area contributed by atoms with E-state index in [9.17, 15) is 0 Å². The van der Waals surface area contributed by atoms with E-state index in [0.29, 0.717) is 29.4 Å². The van der Waals surface area contributed by atoms with Gasteiger partial charge >= 0.3 is 0 Å². The minimum absolute atomic E-state index is 0.588. The summed E-state index contributed by atoms with van der Waals surface area (Å²) in [7, 11) is 0. The van der Waals surface area contributed by atoms with Gasteiger partial charge < -0.3 is 13.6 Å². The summed E-state index contributed by atoms with van der Waals surface area (Å²) in [6.45, 7) is 4.01. The van der Waals surface area contributed by atoms with Crippen LogP contribution in [0.1, 0.15) is 11.1 Å². The summed E-state index contributed by atoms with van der Waals surface area (Å²) in [5, 5.41) is 11.6. The lowest BCUT2D eigenvalue weighted by atomic mass is 10.0. The minimum Gasteiger partial charge on any atom is -0.454 e. The first-order valence-corrected chi connectivity index (χ1v) is 34.5. The molecule has 0 fully saturated rings. The van der Waals surface area contributed by atoms with Gasteiger partial charge in [0.25, 0.3) is 0 Å². The molecule has 484 valence electrons. The van der Waals surface area contributed by atoms with Crippen LogP contribution in [0.4, 0.5) is 0 Å². The first-order valence-electron chi connectivity index (χ1n) is 34.5. The van der Waals surface area contributed by atoms with Crippen LogP contribution in [0.25, 0.3) is 189 Å². The Balaban J connectivity index is 0.000000152. The summed E-state index contributed by atoms with van der Waals surface area (Å²) in [5.41, 5.74) is 22.2. The van der Waals surface area contributed by atoms with E-state index in [2.05, 4.69) is 275 Å². The Morgan fingerprint density at radius 2 is 0.583 bits per heavy atom. The molecule has 0 atom stereocenters. The van der Waals surface area contributed by atoms with Crippen LogP contribution in [-0.4, -0.2) is 53.2 Å². The van der Waals surface area contributed by atoms with E-state index < -0.39 is 0 Å². The van der Waals surface area contributed by atoms with Crippen LogP contribution in [0.3, 0.4) is 0 Å². The Bertz CT molecular complexity index is 6710. The number of hydrogen-bond acceptors (Lipinski definition) is 8. The number of aryl methyl sites for hydroxylation is 2. The molecule has 103 heavy (non-hydrogen) atoms. The molecule has 0 aliphatic heterocycles. The molecule has 13 aromatic carbocycles. The number of furan rings is 1. The maximum Gasteiger partial charge on any atom is 0.234 e. The third kappa shape index (κ3) is 9.86. The smallest absolute Gasteiger partial charge is 0.234 e. The molecule has 0 saturated heterocycles. The largest absolute Gasteiger partial charge is 0.454 e. The van der Waals surface area contributed by atoms with Crippen molar-refractivity contribution in [1.82, 2.24) is 53.2 Å². The molecule has 12 heteroatoms. The Kier molecular flexibility index (Phi) is 13.7. The van der Waals surface area contributed by atoms with Gasteiger partial charge in [-0.25, -0.2) is 34.9 Å². The second kappa shape index (κ2) is 23.9. The average molecular weight is 1320 g/mol. The molecule has 0 aliphatic rings. The number of nitrogens with zero attached hydrogens (tertiary/aromatic N) is 11. The first-order chi connectivity index (χ1) is 50.9. The third-order valence-electron chi connectivity index (χ3n) is 20.0. The molecular weight excluding hydrogens is 1260 g/mol. The fourth-order valence-corrected chi connectivity index (χ4v) is 15.2. The van der Waals surface area contributed by atoms with E-state index in [-0.39, 0.29) is 0 Å². The average Bonchev–Trinajstić information content (AvgIpc) is 1.58. The van der Waals surface area contributed by atoms with Crippen LogP contribution < -0.4 is 0 Å².